The molecule has 0 unspecified atom stereocenters. The molecule has 1 aliphatic heterocycles. The Balaban J connectivity index is 1.70. The molecule has 0 bridgehead atoms. The van der Waals surface area contributed by atoms with Crippen LogP contribution in [-0.4, -0.2) is 54.7 Å². The van der Waals surface area contributed by atoms with E-state index in [2.05, 4.69) is 10.4 Å². The Labute approximate surface area is 190 Å². The van der Waals surface area contributed by atoms with Crippen LogP contribution < -0.4 is 15.6 Å². The number of carbonyl (C=O) groups excluding carboxylic acids is 1. The lowest BCUT2D eigenvalue weighted by molar-refractivity contribution is 0.0730. The summed E-state index contributed by atoms with van der Waals surface area (Å²) in [7, 11) is -2.37. The van der Waals surface area contributed by atoms with Crippen molar-refractivity contribution in [1.29, 1.82) is 0 Å². The fraction of sp³-hybridized carbons (Fsp3) is 0.227. The molecule has 1 fully saturated rings. The Morgan fingerprint density at radius 3 is 2.48 bits per heavy atom. The van der Waals surface area contributed by atoms with Gasteiger partial charge in [-0.3, -0.25) is 9.59 Å². The summed E-state index contributed by atoms with van der Waals surface area (Å²) in [5, 5.41) is 6.60. The number of amides is 1. The number of morpholine rings is 1. The van der Waals surface area contributed by atoms with Crippen LogP contribution in [0.15, 0.2) is 70.4 Å². The van der Waals surface area contributed by atoms with Crippen molar-refractivity contribution in [1.82, 2.24) is 14.1 Å². The Hall–Kier alpha value is -3.54. The van der Waals surface area contributed by atoms with Gasteiger partial charge in [0.15, 0.2) is 5.75 Å². The number of aromatic nitrogens is 2. The average Bonchev–Trinajstić information content (AvgIpc) is 2.83. The predicted molar refractivity (Wildman–Crippen MR) is 120 cm³/mol. The van der Waals surface area contributed by atoms with Gasteiger partial charge in [-0.15, -0.1) is 0 Å². The molecule has 1 amide bonds. The maximum absolute atomic E-state index is 13.1. The smallest absolute Gasteiger partial charge is 0.276 e. The van der Waals surface area contributed by atoms with Crippen LogP contribution in [0.3, 0.4) is 0 Å². The van der Waals surface area contributed by atoms with Crippen LogP contribution in [-0.2, 0) is 21.8 Å². The number of nitrogens with zero attached hydrogens (tertiary/aromatic N) is 3. The van der Waals surface area contributed by atoms with Gasteiger partial charge in [-0.2, -0.15) is 9.40 Å². The van der Waals surface area contributed by atoms with E-state index in [1.54, 1.807) is 24.3 Å². The van der Waals surface area contributed by atoms with Crippen LogP contribution in [0.25, 0.3) is 0 Å². The Morgan fingerprint density at radius 2 is 1.79 bits per heavy atom. The molecule has 0 atom stereocenters. The van der Waals surface area contributed by atoms with E-state index >= 15 is 0 Å². The number of ether oxygens (including phenoxy) is 2. The Morgan fingerprint density at radius 1 is 1.06 bits per heavy atom. The SMILES string of the molecule is Cn1nc(C(=O)Nc2cc(S(=O)(=O)N3CCOCC3)ccc2Oc2ccccc2)ccc1=O. The monoisotopic (exact) mass is 470 g/mol. The number of para-hydroxylation sites is 1. The van der Waals surface area contributed by atoms with E-state index in [4.69, 9.17) is 9.47 Å². The predicted octanol–water partition coefficient (Wildman–Crippen LogP) is 1.85. The van der Waals surface area contributed by atoms with Crippen LogP contribution in [0.4, 0.5) is 5.69 Å². The Bertz CT molecular complexity index is 1320. The van der Waals surface area contributed by atoms with Gasteiger partial charge in [-0.05, 0) is 36.4 Å². The van der Waals surface area contributed by atoms with Crippen LogP contribution >= 0.6 is 0 Å². The van der Waals surface area contributed by atoms with Crippen molar-refractivity contribution in [2.24, 2.45) is 7.05 Å². The van der Waals surface area contributed by atoms with E-state index in [1.165, 1.54) is 41.7 Å². The van der Waals surface area contributed by atoms with Crippen molar-refractivity contribution in [3.8, 4) is 11.5 Å². The quantitative estimate of drug-likeness (QED) is 0.584. The zero-order valence-corrected chi connectivity index (χ0v) is 18.6. The van der Waals surface area contributed by atoms with Gasteiger partial charge in [0, 0.05) is 26.2 Å². The van der Waals surface area contributed by atoms with E-state index in [0.29, 0.717) is 19.0 Å². The number of rotatable bonds is 6. The topological polar surface area (TPSA) is 120 Å². The minimum absolute atomic E-state index is 0.00790. The average molecular weight is 471 g/mol. The lowest BCUT2D eigenvalue weighted by atomic mass is 10.2. The zero-order valence-electron chi connectivity index (χ0n) is 17.8. The van der Waals surface area contributed by atoms with Crippen molar-refractivity contribution in [2.75, 3.05) is 31.6 Å². The molecule has 1 N–H and O–H groups in total. The molecule has 33 heavy (non-hydrogen) atoms. The normalized spacial score (nSPS) is 14.6. The van der Waals surface area contributed by atoms with Gasteiger partial charge in [0.05, 0.1) is 23.8 Å². The molecule has 1 aliphatic rings. The summed E-state index contributed by atoms with van der Waals surface area (Å²) in [4.78, 5) is 24.4. The molecule has 0 saturated carbocycles. The first-order valence-electron chi connectivity index (χ1n) is 10.2. The second-order valence-electron chi connectivity index (χ2n) is 7.22. The second kappa shape index (κ2) is 9.53. The first-order valence-corrected chi connectivity index (χ1v) is 11.6. The Kier molecular flexibility index (Phi) is 6.54. The van der Waals surface area contributed by atoms with Gasteiger partial charge in [0.2, 0.25) is 10.0 Å². The van der Waals surface area contributed by atoms with Crippen LogP contribution in [0.2, 0.25) is 0 Å². The third-order valence-electron chi connectivity index (χ3n) is 4.97. The number of hydrogen-bond acceptors (Lipinski definition) is 7. The number of anilines is 1. The van der Waals surface area contributed by atoms with Gasteiger partial charge in [0.25, 0.3) is 11.5 Å². The summed E-state index contributed by atoms with van der Waals surface area (Å²) in [6, 6.07) is 15.7. The minimum atomic E-state index is -3.80. The third-order valence-corrected chi connectivity index (χ3v) is 6.87. The van der Waals surface area contributed by atoms with Crippen molar-refractivity contribution >= 4 is 21.6 Å². The van der Waals surface area contributed by atoms with Crippen LogP contribution in [0, 0.1) is 0 Å². The van der Waals surface area contributed by atoms with Gasteiger partial charge in [-0.25, -0.2) is 13.1 Å². The maximum Gasteiger partial charge on any atom is 0.276 e. The highest BCUT2D eigenvalue weighted by molar-refractivity contribution is 7.89. The molecule has 1 saturated heterocycles. The van der Waals surface area contributed by atoms with E-state index in [1.807, 2.05) is 6.07 Å². The van der Waals surface area contributed by atoms with E-state index in [9.17, 15) is 18.0 Å². The summed E-state index contributed by atoms with van der Waals surface area (Å²) in [5.74, 6) is 0.141. The third kappa shape index (κ3) is 5.11. The first-order chi connectivity index (χ1) is 15.8. The van der Waals surface area contributed by atoms with Crippen molar-refractivity contribution in [3.05, 3.63) is 76.7 Å². The fourth-order valence-corrected chi connectivity index (χ4v) is 4.65. The van der Waals surface area contributed by atoms with E-state index < -0.39 is 15.9 Å². The first kappa shape index (κ1) is 22.6. The fourth-order valence-electron chi connectivity index (χ4n) is 3.22. The largest absolute Gasteiger partial charge is 0.455 e. The van der Waals surface area contributed by atoms with Gasteiger partial charge in [0.1, 0.15) is 11.4 Å². The van der Waals surface area contributed by atoms with Crippen molar-refractivity contribution < 1.29 is 22.7 Å². The minimum Gasteiger partial charge on any atom is -0.455 e. The number of sulfonamides is 1. The van der Waals surface area contributed by atoms with E-state index in [-0.39, 0.29) is 40.7 Å². The summed E-state index contributed by atoms with van der Waals surface area (Å²) in [5.41, 5.74) is -0.226. The lowest BCUT2D eigenvalue weighted by Gasteiger charge is -2.26. The summed E-state index contributed by atoms with van der Waals surface area (Å²) in [6.07, 6.45) is 0. The van der Waals surface area contributed by atoms with Gasteiger partial charge >= 0.3 is 0 Å². The molecule has 4 rings (SSSR count). The zero-order chi connectivity index (χ0) is 23.4. The summed E-state index contributed by atoms with van der Waals surface area (Å²) < 4.78 is 39.7. The molecule has 0 spiro atoms. The maximum atomic E-state index is 13.1. The van der Waals surface area contributed by atoms with Crippen molar-refractivity contribution in [2.45, 2.75) is 4.90 Å². The van der Waals surface area contributed by atoms with E-state index in [0.717, 1.165) is 4.68 Å². The molecule has 172 valence electrons. The molecule has 11 heteroatoms. The molecule has 2 aromatic carbocycles. The highest BCUT2D eigenvalue weighted by atomic mass is 32.2. The molecule has 0 radical (unpaired) electrons. The molecule has 1 aromatic heterocycles. The molecular formula is C22H22N4O6S. The number of aryl methyl sites for hydroxylation is 1. The number of hydrogen-bond donors (Lipinski definition) is 1. The van der Waals surface area contributed by atoms with Gasteiger partial charge < -0.3 is 14.8 Å². The molecule has 3 aromatic rings. The highest BCUT2D eigenvalue weighted by Crippen LogP contribution is 2.33. The lowest BCUT2D eigenvalue weighted by Crippen LogP contribution is -2.40. The number of nitrogens with one attached hydrogen (secondary N) is 1. The molecule has 10 nitrogen and oxygen atoms in total. The van der Waals surface area contributed by atoms with Gasteiger partial charge in [-0.1, -0.05) is 18.2 Å². The van der Waals surface area contributed by atoms with Crippen LogP contribution in [0.1, 0.15) is 10.5 Å². The number of carbonyl (C=O) groups is 1. The molecule has 2 heterocycles. The van der Waals surface area contributed by atoms with Crippen LogP contribution in [0.5, 0.6) is 11.5 Å². The molecular weight excluding hydrogens is 448 g/mol. The number of benzene rings is 2. The summed E-state index contributed by atoms with van der Waals surface area (Å²) in [6.45, 7) is 1.12. The standard InChI is InChI=1S/C22H22N4O6S/c1-25-21(27)10-8-18(24-25)22(28)23-19-15-17(33(29,30)26-11-13-31-14-12-26)7-9-20(19)32-16-5-3-2-4-6-16/h2-10,15H,11-14H2,1H3,(H,23,28). The molecule has 0 aliphatic carbocycles. The van der Waals surface area contributed by atoms with Crippen molar-refractivity contribution in [3.63, 3.8) is 0 Å². The second-order valence-corrected chi connectivity index (χ2v) is 9.16. The summed E-state index contributed by atoms with van der Waals surface area (Å²) >= 11 is 0. The highest BCUT2D eigenvalue weighted by Gasteiger charge is 2.27.